The molecule has 5 heteroatoms. The van der Waals surface area contributed by atoms with Gasteiger partial charge in [-0.15, -0.1) is 0 Å². The molecular weight excluding hydrogens is 172 g/mol. The number of hydrogen-bond donors (Lipinski definition) is 0. The van der Waals surface area contributed by atoms with Gasteiger partial charge in [-0.2, -0.15) is 10.2 Å². The number of oxazole rings is 1. The van der Waals surface area contributed by atoms with E-state index in [0.717, 1.165) is 0 Å². The van der Waals surface area contributed by atoms with Crippen LogP contribution in [0, 0.1) is 18.3 Å². The number of carbonyl (C=O) groups is 1. The van der Waals surface area contributed by atoms with Crippen molar-refractivity contribution in [1.29, 1.82) is 5.26 Å². The van der Waals surface area contributed by atoms with Crippen LogP contribution in [0.25, 0.3) is 0 Å². The van der Waals surface area contributed by atoms with Gasteiger partial charge in [-0.25, -0.2) is 4.79 Å². The van der Waals surface area contributed by atoms with Gasteiger partial charge >= 0.3 is 11.9 Å². The van der Waals surface area contributed by atoms with Crippen molar-refractivity contribution in [3.05, 3.63) is 17.3 Å². The second-order valence-corrected chi connectivity index (χ2v) is 2.26. The SMILES string of the molecule is CCOC(=O)c1nc(C#N)oc1C. The predicted molar refractivity (Wildman–Crippen MR) is 41.9 cm³/mol. The Balaban J connectivity index is 2.95. The fourth-order valence-corrected chi connectivity index (χ4v) is 0.833. The smallest absolute Gasteiger partial charge is 0.360 e. The number of nitriles is 1. The van der Waals surface area contributed by atoms with E-state index in [1.54, 1.807) is 19.9 Å². The third-order valence-corrected chi connectivity index (χ3v) is 1.36. The van der Waals surface area contributed by atoms with Crippen molar-refractivity contribution in [1.82, 2.24) is 4.98 Å². The number of aryl methyl sites for hydroxylation is 1. The zero-order valence-electron chi connectivity index (χ0n) is 7.33. The summed E-state index contributed by atoms with van der Waals surface area (Å²) in [6.07, 6.45) is 0. The number of nitrogens with zero attached hydrogens (tertiary/aromatic N) is 2. The van der Waals surface area contributed by atoms with Crippen LogP contribution in [0.2, 0.25) is 0 Å². The first-order valence-electron chi connectivity index (χ1n) is 3.73. The zero-order valence-corrected chi connectivity index (χ0v) is 7.33. The lowest BCUT2D eigenvalue weighted by atomic mass is 10.4. The summed E-state index contributed by atoms with van der Waals surface area (Å²) in [6.45, 7) is 3.52. The van der Waals surface area contributed by atoms with Crippen LogP contribution in [0.3, 0.4) is 0 Å². The number of ether oxygens (including phenoxy) is 1. The van der Waals surface area contributed by atoms with Crippen LogP contribution in [-0.2, 0) is 4.74 Å². The summed E-state index contributed by atoms with van der Waals surface area (Å²) in [4.78, 5) is 14.8. The van der Waals surface area contributed by atoms with E-state index < -0.39 is 5.97 Å². The molecule has 0 N–H and O–H groups in total. The van der Waals surface area contributed by atoms with Gasteiger partial charge in [-0.05, 0) is 13.8 Å². The molecular formula is C8H8N2O3. The highest BCUT2D eigenvalue weighted by Crippen LogP contribution is 2.09. The summed E-state index contributed by atoms with van der Waals surface area (Å²) in [5.74, 6) is -0.388. The Labute approximate surface area is 74.9 Å². The summed E-state index contributed by atoms with van der Waals surface area (Å²) in [7, 11) is 0. The van der Waals surface area contributed by atoms with Crippen molar-refractivity contribution in [2.75, 3.05) is 6.61 Å². The quantitative estimate of drug-likeness (QED) is 0.635. The van der Waals surface area contributed by atoms with Crippen molar-refractivity contribution < 1.29 is 13.9 Å². The molecule has 0 radical (unpaired) electrons. The normalized spacial score (nSPS) is 9.31. The van der Waals surface area contributed by atoms with Crippen LogP contribution in [0.5, 0.6) is 0 Å². The fourth-order valence-electron chi connectivity index (χ4n) is 0.833. The van der Waals surface area contributed by atoms with Crippen LogP contribution < -0.4 is 0 Å². The predicted octanol–water partition coefficient (Wildman–Crippen LogP) is 1.03. The topological polar surface area (TPSA) is 76.1 Å². The van der Waals surface area contributed by atoms with E-state index in [1.807, 2.05) is 0 Å². The van der Waals surface area contributed by atoms with E-state index in [-0.39, 0.29) is 18.2 Å². The van der Waals surface area contributed by atoms with Crippen LogP contribution in [0.4, 0.5) is 0 Å². The van der Waals surface area contributed by atoms with Crippen LogP contribution in [0.1, 0.15) is 29.1 Å². The highest BCUT2D eigenvalue weighted by Gasteiger charge is 2.17. The van der Waals surface area contributed by atoms with Crippen LogP contribution in [-0.4, -0.2) is 17.6 Å². The molecule has 0 aliphatic heterocycles. The Morgan fingerprint density at radius 3 is 2.92 bits per heavy atom. The highest BCUT2D eigenvalue weighted by atomic mass is 16.5. The summed E-state index contributed by atoms with van der Waals surface area (Å²) in [6, 6.07) is 1.70. The minimum Gasteiger partial charge on any atom is -0.461 e. The molecule has 1 aromatic rings. The zero-order chi connectivity index (χ0) is 9.84. The third-order valence-electron chi connectivity index (χ3n) is 1.36. The standard InChI is InChI=1S/C8H8N2O3/c1-3-12-8(11)7-5(2)13-6(4-9)10-7/h3H2,1-2H3. The highest BCUT2D eigenvalue weighted by molar-refractivity contribution is 5.88. The Kier molecular flexibility index (Phi) is 2.65. The van der Waals surface area contributed by atoms with Crippen molar-refractivity contribution in [2.24, 2.45) is 0 Å². The Bertz CT molecular complexity index is 362. The van der Waals surface area contributed by atoms with Gasteiger partial charge in [0.2, 0.25) is 0 Å². The summed E-state index contributed by atoms with van der Waals surface area (Å²) >= 11 is 0. The van der Waals surface area contributed by atoms with E-state index in [2.05, 4.69) is 4.98 Å². The van der Waals surface area contributed by atoms with Crippen LogP contribution >= 0.6 is 0 Å². The third kappa shape index (κ3) is 1.85. The molecule has 0 fully saturated rings. The molecule has 0 amide bonds. The second kappa shape index (κ2) is 3.72. The van der Waals surface area contributed by atoms with Gasteiger partial charge in [0.05, 0.1) is 6.61 Å². The molecule has 68 valence electrons. The second-order valence-electron chi connectivity index (χ2n) is 2.26. The Morgan fingerprint density at radius 2 is 2.46 bits per heavy atom. The molecule has 5 nitrogen and oxygen atoms in total. The molecule has 0 saturated carbocycles. The molecule has 0 bridgehead atoms. The van der Waals surface area contributed by atoms with E-state index >= 15 is 0 Å². The molecule has 0 atom stereocenters. The molecule has 1 aromatic heterocycles. The van der Waals surface area contributed by atoms with E-state index in [0.29, 0.717) is 5.76 Å². The average molecular weight is 180 g/mol. The molecule has 0 aliphatic carbocycles. The van der Waals surface area contributed by atoms with Gasteiger partial charge in [0.25, 0.3) is 0 Å². The lowest BCUT2D eigenvalue weighted by Crippen LogP contribution is -2.06. The van der Waals surface area contributed by atoms with Gasteiger partial charge in [-0.3, -0.25) is 0 Å². The molecule has 1 heterocycles. The number of carbonyl (C=O) groups excluding carboxylic acids is 1. The maximum atomic E-state index is 11.1. The number of hydrogen-bond acceptors (Lipinski definition) is 5. The first kappa shape index (κ1) is 9.26. The lowest BCUT2D eigenvalue weighted by molar-refractivity contribution is 0.0518. The first-order valence-corrected chi connectivity index (χ1v) is 3.73. The number of aromatic nitrogens is 1. The van der Waals surface area contributed by atoms with E-state index in [1.165, 1.54) is 0 Å². The summed E-state index contributed by atoms with van der Waals surface area (Å²) < 4.78 is 9.55. The van der Waals surface area contributed by atoms with Gasteiger partial charge in [0.15, 0.2) is 11.8 Å². The van der Waals surface area contributed by atoms with E-state index in [9.17, 15) is 4.79 Å². The minimum absolute atomic E-state index is 0.0680. The molecule has 0 aromatic carbocycles. The fraction of sp³-hybridized carbons (Fsp3) is 0.375. The Morgan fingerprint density at radius 1 is 1.77 bits per heavy atom. The van der Waals surface area contributed by atoms with Crippen molar-refractivity contribution in [3.63, 3.8) is 0 Å². The summed E-state index contributed by atoms with van der Waals surface area (Å²) in [5, 5.41) is 8.43. The maximum Gasteiger partial charge on any atom is 0.360 e. The van der Waals surface area contributed by atoms with Crippen LogP contribution in [0.15, 0.2) is 4.42 Å². The van der Waals surface area contributed by atoms with Gasteiger partial charge < -0.3 is 9.15 Å². The molecule has 0 aliphatic rings. The molecule has 13 heavy (non-hydrogen) atoms. The average Bonchev–Trinajstić information content (AvgIpc) is 2.47. The number of esters is 1. The van der Waals surface area contributed by atoms with Gasteiger partial charge in [-0.1, -0.05) is 0 Å². The molecule has 0 spiro atoms. The lowest BCUT2D eigenvalue weighted by Gasteiger charge is -1.96. The first-order chi connectivity index (χ1) is 6.19. The molecule has 0 unspecified atom stereocenters. The largest absolute Gasteiger partial charge is 0.461 e. The maximum absolute atomic E-state index is 11.1. The monoisotopic (exact) mass is 180 g/mol. The van der Waals surface area contributed by atoms with Crippen molar-refractivity contribution >= 4 is 5.97 Å². The van der Waals surface area contributed by atoms with E-state index in [4.69, 9.17) is 14.4 Å². The summed E-state index contributed by atoms with van der Waals surface area (Å²) in [5.41, 5.74) is 0.0680. The van der Waals surface area contributed by atoms with Gasteiger partial charge in [0, 0.05) is 0 Å². The Hall–Kier alpha value is -1.83. The van der Waals surface area contributed by atoms with Gasteiger partial charge in [0.1, 0.15) is 5.76 Å². The van der Waals surface area contributed by atoms with Crippen molar-refractivity contribution in [3.8, 4) is 6.07 Å². The minimum atomic E-state index is -0.565. The van der Waals surface area contributed by atoms with Crippen molar-refractivity contribution in [2.45, 2.75) is 13.8 Å². The molecule has 1 rings (SSSR count). The number of rotatable bonds is 2. The molecule has 0 saturated heterocycles.